The lowest BCUT2D eigenvalue weighted by molar-refractivity contribution is 0.0527. The number of hydrogen-bond acceptors (Lipinski definition) is 6. The summed E-state index contributed by atoms with van der Waals surface area (Å²) in [6.45, 7) is 1.81. The van der Waals surface area contributed by atoms with Crippen LogP contribution in [0, 0.1) is 5.82 Å². The lowest BCUT2D eigenvalue weighted by Crippen LogP contribution is -2.16. The summed E-state index contributed by atoms with van der Waals surface area (Å²) >= 11 is 0. The van der Waals surface area contributed by atoms with Crippen molar-refractivity contribution in [3.8, 4) is 0 Å². The second-order valence-corrected chi connectivity index (χ2v) is 6.08. The highest BCUT2D eigenvalue weighted by molar-refractivity contribution is 6.06. The van der Waals surface area contributed by atoms with E-state index in [4.69, 9.17) is 4.74 Å². The Kier molecular flexibility index (Phi) is 6.30. The van der Waals surface area contributed by atoms with Gasteiger partial charge in [-0.15, -0.1) is 5.10 Å². The number of nitrogens with one attached hydrogen (secondary N) is 1. The van der Waals surface area contributed by atoms with Crippen molar-refractivity contribution < 1.29 is 23.8 Å². The number of aliphatic hydroxyl groups is 1. The Morgan fingerprint density at radius 2 is 1.93 bits per heavy atom. The quantitative estimate of drug-likeness (QED) is 0.593. The molecule has 0 aliphatic rings. The van der Waals surface area contributed by atoms with E-state index in [-0.39, 0.29) is 35.7 Å². The molecule has 0 saturated heterocycles. The van der Waals surface area contributed by atoms with Crippen molar-refractivity contribution in [2.45, 2.75) is 19.6 Å². The molecule has 29 heavy (non-hydrogen) atoms. The number of halogens is 1. The van der Waals surface area contributed by atoms with E-state index in [9.17, 15) is 19.1 Å². The van der Waals surface area contributed by atoms with Crippen molar-refractivity contribution in [1.29, 1.82) is 0 Å². The molecule has 0 aliphatic heterocycles. The molecule has 8 nitrogen and oxygen atoms in total. The van der Waals surface area contributed by atoms with Crippen molar-refractivity contribution in [1.82, 2.24) is 15.0 Å². The van der Waals surface area contributed by atoms with Crippen LogP contribution in [0.3, 0.4) is 0 Å². The number of hydrogen-bond donors (Lipinski definition) is 2. The number of carbonyl (C=O) groups excluding carboxylic acids is 2. The number of esters is 1. The molecule has 3 rings (SSSR count). The predicted octanol–water partition coefficient (Wildman–Crippen LogP) is 2.58. The van der Waals surface area contributed by atoms with Gasteiger partial charge in [0.2, 0.25) is 0 Å². The third-order valence-corrected chi connectivity index (χ3v) is 4.07. The fraction of sp³-hybridized carbons (Fsp3) is 0.200. The molecule has 0 saturated carbocycles. The Bertz CT molecular complexity index is 1020. The number of amides is 1. The fourth-order valence-electron chi connectivity index (χ4n) is 2.68. The summed E-state index contributed by atoms with van der Waals surface area (Å²) < 4.78 is 20.0. The van der Waals surface area contributed by atoms with E-state index in [0.717, 1.165) is 0 Å². The van der Waals surface area contributed by atoms with Gasteiger partial charge in [0.05, 0.1) is 30.6 Å². The van der Waals surface area contributed by atoms with E-state index in [2.05, 4.69) is 15.6 Å². The molecule has 1 unspecified atom stereocenters. The zero-order valence-electron chi connectivity index (χ0n) is 15.6. The summed E-state index contributed by atoms with van der Waals surface area (Å²) in [6.07, 6.45) is 0.171. The van der Waals surface area contributed by atoms with E-state index in [0.29, 0.717) is 0 Å². The topological polar surface area (TPSA) is 106 Å². The number of rotatable bonds is 7. The smallest absolute Gasteiger partial charge is 0.340 e. The number of anilines is 1. The van der Waals surface area contributed by atoms with Crippen LogP contribution >= 0.6 is 0 Å². The monoisotopic (exact) mass is 398 g/mol. The van der Waals surface area contributed by atoms with Gasteiger partial charge >= 0.3 is 5.97 Å². The maximum Gasteiger partial charge on any atom is 0.340 e. The zero-order valence-corrected chi connectivity index (χ0v) is 15.6. The number of aliphatic hydroxyl groups excluding tert-OH is 1. The average molecular weight is 398 g/mol. The molecule has 3 aromatic rings. The van der Waals surface area contributed by atoms with Gasteiger partial charge in [-0.3, -0.25) is 4.79 Å². The van der Waals surface area contributed by atoms with Crippen LogP contribution in [0.4, 0.5) is 10.1 Å². The summed E-state index contributed by atoms with van der Waals surface area (Å²) in [5.74, 6) is -1.68. The molecule has 1 heterocycles. The van der Waals surface area contributed by atoms with E-state index in [1.807, 2.05) is 0 Å². The number of nitrogens with zero attached hydrogens (tertiary/aromatic N) is 3. The van der Waals surface area contributed by atoms with Crippen LogP contribution in [-0.4, -0.2) is 38.6 Å². The van der Waals surface area contributed by atoms with Crippen LogP contribution in [0.2, 0.25) is 0 Å². The second kappa shape index (κ2) is 9.07. The van der Waals surface area contributed by atoms with E-state index in [1.54, 1.807) is 31.2 Å². The molecule has 0 spiro atoms. The molecule has 150 valence electrons. The highest BCUT2D eigenvalue weighted by atomic mass is 19.1. The molecule has 0 aliphatic carbocycles. The van der Waals surface area contributed by atoms with Gasteiger partial charge in [-0.05, 0) is 25.1 Å². The first-order chi connectivity index (χ1) is 14.0. The molecule has 0 fully saturated rings. The Hall–Kier alpha value is -3.59. The molecule has 2 aromatic carbocycles. The van der Waals surface area contributed by atoms with Crippen LogP contribution in [0.5, 0.6) is 0 Å². The van der Waals surface area contributed by atoms with Gasteiger partial charge in [0.1, 0.15) is 11.9 Å². The lowest BCUT2D eigenvalue weighted by atomic mass is 10.1. The van der Waals surface area contributed by atoms with Gasteiger partial charge in [0.15, 0.2) is 5.69 Å². The lowest BCUT2D eigenvalue weighted by Gasteiger charge is -2.11. The Morgan fingerprint density at radius 1 is 1.21 bits per heavy atom. The minimum absolute atomic E-state index is 0.0237. The Morgan fingerprint density at radius 3 is 2.69 bits per heavy atom. The predicted molar refractivity (Wildman–Crippen MR) is 102 cm³/mol. The molecule has 1 atom stereocenters. The standard InChI is InChI=1S/C20H19FN4O4/c1-2-29-20(28)14-8-4-6-10-16(14)22-19(27)17-11-25(24-23-17)12-18(26)13-7-3-5-9-15(13)21/h3-11,18,26H,2,12H2,1H3,(H,22,27). The summed E-state index contributed by atoms with van der Waals surface area (Å²) in [4.78, 5) is 24.5. The number of para-hydroxylation sites is 1. The number of carbonyl (C=O) groups is 2. The molecule has 1 amide bonds. The van der Waals surface area contributed by atoms with Gasteiger partial charge in [-0.2, -0.15) is 0 Å². The van der Waals surface area contributed by atoms with Crippen molar-refractivity contribution in [2.24, 2.45) is 0 Å². The van der Waals surface area contributed by atoms with Gasteiger partial charge in [0.25, 0.3) is 5.91 Å². The van der Waals surface area contributed by atoms with Crippen LogP contribution < -0.4 is 5.32 Å². The first-order valence-electron chi connectivity index (χ1n) is 8.89. The molecule has 0 radical (unpaired) electrons. The van der Waals surface area contributed by atoms with Crippen molar-refractivity contribution >= 4 is 17.6 Å². The molecular formula is C20H19FN4O4. The fourth-order valence-corrected chi connectivity index (χ4v) is 2.68. The van der Waals surface area contributed by atoms with Crippen LogP contribution in [0.25, 0.3) is 0 Å². The number of benzene rings is 2. The first kappa shape index (κ1) is 20.2. The highest BCUT2D eigenvalue weighted by Gasteiger charge is 2.18. The maximum atomic E-state index is 13.8. The Balaban J connectivity index is 1.70. The molecule has 9 heteroatoms. The van der Waals surface area contributed by atoms with Crippen LogP contribution in [0.1, 0.15) is 39.4 Å². The first-order valence-corrected chi connectivity index (χ1v) is 8.89. The zero-order chi connectivity index (χ0) is 20.8. The third-order valence-electron chi connectivity index (χ3n) is 4.07. The molecule has 2 N–H and O–H groups in total. The van der Waals surface area contributed by atoms with Crippen LogP contribution in [0.15, 0.2) is 54.7 Å². The molecule has 1 aromatic heterocycles. The average Bonchev–Trinajstić information content (AvgIpc) is 3.17. The van der Waals surface area contributed by atoms with Gasteiger partial charge < -0.3 is 15.2 Å². The van der Waals surface area contributed by atoms with Crippen molar-refractivity contribution in [2.75, 3.05) is 11.9 Å². The minimum Gasteiger partial charge on any atom is -0.462 e. The van der Waals surface area contributed by atoms with Gasteiger partial charge in [-0.1, -0.05) is 35.5 Å². The minimum atomic E-state index is -1.15. The summed E-state index contributed by atoms with van der Waals surface area (Å²) in [7, 11) is 0. The van der Waals surface area contributed by atoms with E-state index >= 15 is 0 Å². The molecular weight excluding hydrogens is 379 g/mol. The number of ether oxygens (including phenoxy) is 1. The van der Waals surface area contributed by atoms with Gasteiger partial charge in [0, 0.05) is 5.56 Å². The SMILES string of the molecule is CCOC(=O)c1ccccc1NC(=O)c1cn(CC(O)c2ccccc2F)nn1. The van der Waals surface area contributed by atoms with E-state index in [1.165, 1.54) is 35.1 Å². The molecule has 0 bridgehead atoms. The van der Waals surface area contributed by atoms with Crippen LogP contribution in [-0.2, 0) is 11.3 Å². The number of aromatic nitrogens is 3. The normalized spacial score (nSPS) is 11.7. The third kappa shape index (κ3) is 4.82. The highest BCUT2D eigenvalue weighted by Crippen LogP contribution is 2.19. The second-order valence-electron chi connectivity index (χ2n) is 6.08. The van der Waals surface area contributed by atoms with Crippen molar-refractivity contribution in [3.05, 3.63) is 77.4 Å². The summed E-state index contributed by atoms with van der Waals surface area (Å²) in [5, 5.41) is 20.4. The van der Waals surface area contributed by atoms with E-state index < -0.39 is 23.8 Å². The van der Waals surface area contributed by atoms with Crippen molar-refractivity contribution in [3.63, 3.8) is 0 Å². The van der Waals surface area contributed by atoms with Gasteiger partial charge in [-0.25, -0.2) is 13.9 Å². The maximum absolute atomic E-state index is 13.8. The summed E-state index contributed by atoms with van der Waals surface area (Å²) in [5.41, 5.74) is 0.587. The largest absolute Gasteiger partial charge is 0.462 e. The Labute approximate surface area is 165 Å². The summed E-state index contributed by atoms with van der Waals surface area (Å²) in [6, 6.07) is 12.3.